The first-order valence-electron chi connectivity index (χ1n) is 10.5. The maximum atomic E-state index is 10.5. The maximum absolute atomic E-state index is 10.5. The number of nitriles is 1. The van der Waals surface area contributed by atoms with Gasteiger partial charge in [-0.2, -0.15) is 0 Å². The van der Waals surface area contributed by atoms with Gasteiger partial charge in [-0.05, 0) is 0 Å². The van der Waals surface area contributed by atoms with Gasteiger partial charge < -0.3 is 0 Å². The molecule has 0 aromatic heterocycles. The van der Waals surface area contributed by atoms with Crippen LogP contribution in [-0.4, -0.2) is 23.5 Å². The molecule has 26 heavy (non-hydrogen) atoms. The van der Waals surface area contributed by atoms with E-state index in [-0.39, 0.29) is 0 Å². The van der Waals surface area contributed by atoms with Crippen LogP contribution in [0, 0.1) is 11.3 Å². The van der Waals surface area contributed by atoms with Gasteiger partial charge in [0.2, 0.25) is 0 Å². The first kappa shape index (κ1) is 23.2. The van der Waals surface area contributed by atoms with Crippen molar-refractivity contribution in [2.24, 2.45) is 0 Å². The fourth-order valence-corrected chi connectivity index (χ4v) is 18.0. The Morgan fingerprint density at radius 2 is 1.46 bits per heavy atom. The summed E-state index contributed by atoms with van der Waals surface area (Å²) in [5, 5.41) is 19.4. The van der Waals surface area contributed by atoms with Crippen LogP contribution >= 0.6 is 0 Å². The average molecular weight is 462 g/mol. The Kier molecular flexibility index (Phi) is 12.0. The van der Waals surface area contributed by atoms with Crippen molar-refractivity contribution in [1.82, 2.24) is 0 Å². The predicted molar refractivity (Wildman–Crippen MR) is 115 cm³/mol. The topological polar surface area (TPSA) is 44.0 Å². The Bertz CT molecular complexity index is 537. The molecule has 0 bridgehead atoms. The molecule has 3 heteroatoms. The third kappa shape index (κ3) is 8.27. The van der Waals surface area contributed by atoms with Crippen molar-refractivity contribution < 1.29 is 5.11 Å². The molecule has 0 aliphatic carbocycles. The van der Waals surface area contributed by atoms with Crippen molar-refractivity contribution in [3.05, 3.63) is 45.6 Å². The zero-order valence-electron chi connectivity index (χ0n) is 17.0. The van der Waals surface area contributed by atoms with Crippen LogP contribution in [0.2, 0.25) is 13.3 Å². The number of aliphatic hydroxyl groups is 1. The van der Waals surface area contributed by atoms with Gasteiger partial charge in [-0.15, -0.1) is 0 Å². The Morgan fingerprint density at radius 3 is 1.88 bits per heavy atom. The SMILES string of the molecule is CCC[CH2][Sn](/[CH]=C/C[C@@H](O)c1ccc(C#N)cc1)([CH2]CCC)[CH2]CCC. The molecule has 0 fully saturated rings. The molecule has 0 radical (unpaired) electrons. The van der Waals surface area contributed by atoms with Crippen molar-refractivity contribution >= 4 is 18.4 Å². The van der Waals surface area contributed by atoms with Crippen molar-refractivity contribution in [3.63, 3.8) is 0 Å². The summed E-state index contributed by atoms with van der Waals surface area (Å²) in [7, 11) is 0. The van der Waals surface area contributed by atoms with Gasteiger partial charge in [0.05, 0.1) is 0 Å². The van der Waals surface area contributed by atoms with Gasteiger partial charge in [-0.25, -0.2) is 0 Å². The van der Waals surface area contributed by atoms with Crippen LogP contribution in [0.5, 0.6) is 0 Å². The monoisotopic (exact) mass is 463 g/mol. The number of rotatable bonds is 13. The van der Waals surface area contributed by atoms with Crippen LogP contribution in [0.4, 0.5) is 0 Å². The summed E-state index contributed by atoms with van der Waals surface area (Å²) in [6.07, 6.45) is 10.5. The summed E-state index contributed by atoms with van der Waals surface area (Å²) in [5.41, 5.74) is 1.55. The molecule has 2 nitrogen and oxygen atoms in total. The van der Waals surface area contributed by atoms with Crippen molar-refractivity contribution in [2.45, 2.75) is 85.1 Å². The van der Waals surface area contributed by atoms with Crippen LogP contribution in [0.3, 0.4) is 0 Å². The number of nitrogens with zero attached hydrogens (tertiary/aromatic N) is 1. The van der Waals surface area contributed by atoms with E-state index in [2.05, 4.69) is 37.0 Å². The number of hydrogen-bond donors (Lipinski definition) is 1. The van der Waals surface area contributed by atoms with Gasteiger partial charge in [-0.1, -0.05) is 0 Å². The third-order valence-corrected chi connectivity index (χ3v) is 19.6. The fraction of sp³-hybridized carbons (Fsp3) is 0.609. The minimum absolute atomic E-state index is 0.466. The molecule has 0 unspecified atom stereocenters. The van der Waals surface area contributed by atoms with Crippen molar-refractivity contribution in [1.29, 1.82) is 5.26 Å². The van der Waals surface area contributed by atoms with Crippen LogP contribution in [0.15, 0.2) is 34.4 Å². The van der Waals surface area contributed by atoms with Gasteiger partial charge in [0.25, 0.3) is 0 Å². The van der Waals surface area contributed by atoms with Gasteiger partial charge in [-0.3, -0.25) is 0 Å². The van der Waals surface area contributed by atoms with E-state index < -0.39 is 24.5 Å². The standard InChI is InChI=1S/C11H10NO.3C4H9.Sn/c1-2-3-11(13)10-6-4-9(8-12)5-7-10;3*1-3-4-2;/h1-2,4-7,11,13H,3H2;3*1,3-4H2,2H3;/t11-;;;;/m1..../s1. The molecule has 0 saturated carbocycles. The minimum atomic E-state index is -2.23. The summed E-state index contributed by atoms with van der Waals surface area (Å²) >= 11 is -2.23. The summed E-state index contributed by atoms with van der Waals surface area (Å²) in [4.78, 5) is 0. The van der Waals surface area contributed by atoms with Crippen molar-refractivity contribution in [3.8, 4) is 6.07 Å². The number of aliphatic hydroxyl groups excluding tert-OH is 1. The molecule has 0 amide bonds. The normalized spacial score (nSPS) is 13.0. The summed E-state index contributed by atoms with van der Waals surface area (Å²) < 4.78 is 7.03. The summed E-state index contributed by atoms with van der Waals surface area (Å²) in [6.45, 7) is 6.90. The quantitative estimate of drug-likeness (QED) is 0.323. The molecular weight excluding hydrogens is 425 g/mol. The number of benzene rings is 1. The van der Waals surface area contributed by atoms with E-state index in [0.29, 0.717) is 12.0 Å². The van der Waals surface area contributed by atoms with E-state index in [4.69, 9.17) is 5.26 Å². The second-order valence-corrected chi connectivity index (χ2v) is 20.6. The van der Waals surface area contributed by atoms with E-state index >= 15 is 0 Å². The van der Waals surface area contributed by atoms with Crippen molar-refractivity contribution in [2.75, 3.05) is 0 Å². The molecular formula is C23H37NOSn. The van der Waals surface area contributed by atoms with Gasteiger partial charge >= 0.3 is 166 Å². The zero-order chi connectivity index (χ0) is 19.3. The van der Waals surface area contributed by atoms with E-state index in [9.17, 15) is 5.11 Å². The Balaban J connectivity index is 2.80. The second kappa shape index (κ2) is 13.4. The van der Waals surface area contributed by atoms with E-state index in [1.807, 2.05) is 12.1 Å². The van der Waals surface area contributed by atoms with Crippen LogP contribution in [-0.2, 0) is 0 Å². The van der Waals surface area contributed by atoms with Gasteiger partial charge in [0.15, 0.2) is 0 Å². The molecule has 0 heterocycles. The van der Waals surface area contributed by atoms with E-state index in [1.165, 1.54) is 51.8 Å². The van der Waals surface area contributed by atoms with Crippen LogP contribution in [0.25, 0.3) is 0 Å². The molecule has 144 valence electrons. The Morgan fingerprint density at radius 1 is 0.962 bits per heavy atom. The Hall–Kier alpha value is -0.791. The fourth-order valence-electron chi connectivity index (χ4n) is 3.57. The summed E-state index contributed by atoms with van der Waals surface area (Å²) in [5.74, 6) is 0. The molecule has 1 rings (SSSR count). The molecule has 1 aromatic rings. The second-order valence-electron chi connectivity index (χ2n) is 7.56. The molecule has 0 spiro atoms. The molecule has 1 N–H and O–H groups in total. The number of unbranched alkanes of at least 4 members (excludes halogenated alkanes) is 3. The summed E-state index contributed by atoms with van der Waals surface area (Å²) in [6, 6.07) is 9.45. The third-order valence-electron chi connectivity index (χ3n) is 5.34. The van der Waals surface area contributed by atoms with Crippen LogP contribution < -0.4 is 0 Å². The molecule has 0 saturated heterocycles. The van der Waals surface area contributed by atoms with E-state index in [0.717, 1.165) is 5.56 Å². The molecule has 1 atom stereocenters. The number of hydrogen-bond acceptors (Lipinski definition) is 2. The predicted octanol–water partition coefficient (Wildman–Crippen LogP) is 6.93. The molecule has 0 aliphatic heterocycles. The molecule has 0 aliphatic rings. The molecule has 1 aromatic carbocycles. The Labute approximate surface area is 165 Å². The van der Waals surface area contributed by atoms with Gasteiger partial charge in [0.1, 0.15) is 0 Å². The van der Waals surface area contributed by atoms with Gasteiger partial charge in [0, 0.05) is 0 Å². The van der Waals surface area contributed by atoms with Crippen LogP contribution in [0.1, 0.15) is 82.9 Å². The first-order valence-corrected chi connectivity index (χ1v) is 18.2. The van der Waals surface area contributed by atoms with E-state index in [1.54, 1.807) is 12.1 Å². The first-order chi connectivity index (χ1) is 12.6. The zero-order valence-corrected chi connectivity index (χ0v) is 19.9. The average Bonchev–Trinajstić information content (AvgIpc) is 2.68.